The van der Waals surface area contributed by atoms with Gasteiger partial charge in [-0.15, -0.1) is 0 Å². The normalized spacial score (nSPS) is 15.9. The van der Waals surface area contributed by atoms with E-state index in [-0.39, 0.29) is 11.8 Å². The molecule has 1 fully saturated rings. The van der Waals surface area contributed by atoms with E-state index in [0.717, 1.165) is 18.8 Å². The molecule has 0 radical (unpaired) electrons. The van der Waals surface area contributed by atoms with Gasteiger partial charge in [0.1, 0.15) is 0 Å². The minimum atomic E-state index is -0.00595. The van der Waals surface area contributed by atoms with Crippen molar-refractivity contribution in [1.29, 1.82) is 0 Å². The summed E-state index contributed by atoms with van der Waals surface area (Å²) in [6, 6.07) is 7.99. The number of nitrogens with zero attached hydrogens (tertiary/aromatic N) is 2. The number of nitrogens with one attached hydrogen (secondary N) is 1. The van der Waals surface area contributed by atoms with Crippen molar-refractivity contribution in [1.82, 2.24) is 9.80 Å². The number of amides is 2. The molecular formula is C17H25N3O2. The van der Waals surface area contributed by atoms with Crippen molar-refractivity contribution in [2.24, 2.45) is 0 Å². The summed E-state index contributed by atoms with van der Waals surface area (Å²) in [5.74, 6) is 0.588. The number of hydrogen-bond donors (Lipinski definition) is 1. The van der Waals surface area contributed by atoms with Gasteiger partial charge < -0.3 is 10.2 Å². The van der Waals surface area contributed by atoms with Crippen molar-refractivity contribution < 1.29 is 9.59 Å². The topological polar surface area (TPSA) is 52.7 Å². The molecule has 0 saturated carbocycles. The van der Waals surface area contributed by atoms with Gasteiger partial charge in [0.05, 0.1) is 6.54 Å². The molecule has 0 aromatic heterocycles. The predicted octanol–water partition coefficient (Wildman–Crippen LogP) is 1.91. The van der Waals surface area contributed by atoms with Crippen LogP contribution in [0.3, 0.4) is 0 Å². The molecule has 2 rings (SSSR count). The maximum Gasteiger partial charge on any atom is 0.238 e. The van der Waals surface area contributed by atoms with Gasteiger partial charge in [-0.2, -0.15) is 0 Å². The predicted molar refractivity (Wildman–Crippen MR) is 87.9 cm³/mol. The maximum absolute atomic E-state index is 12.1. The second-order valence-corrected chi connectivity index (χ2v) is 6.11. The van der Waals surface area contributed by atoms with Gasteiger partial charge in [-0.1, -0.05) is 26.0 Å². The first-order valence-electron chi connectivity index (χ1n) is 7.83. The SMILES string of the molecule is CC(=O)N1CCN(CC(=O)Nc2ccc(C(C)C)cc2)CC1. The lowest BCUT2D eigenvalue weighted by molar-refractivity contribution is -0.130. The third kappa shape index (κ3) is 4.56. The largest absolute Gasteiger partial charge is 0.340 e. The summed E-state index contributed by atoms with van der Waals surface area (Å²) in [5, 5.41) is 2.93. The van der Waals surface area contributed by atoms with Crippen LogP contribution in [0.5, 0.6) is 0 Å². The lowest BCUT2D eigenvalue weighted by Gasteiger charge is -2.33. The molecule has 0 unspecified atom stereocenters. The number of hydrogen-bond acceptors (Lipinski definition) is 3. The minimum Gasteiger partial charge on any atom is -0.340 e. The molecule has 0 atom stereocenters. The fourth-order valence-corrected chi connectivity index (χ4v) is 2.58. The van der Waals surface area contributed by atoms with Gasteiger partial charge in [0.2, 0.25) is 11.8 Å². The third-order valence-corrected chi connectivity index (χ3v) is 4.05. The van der Waals surface area contributed by atoms with Crippen LogP contribution in [0.2, 0.25) is 0 Å². The van der Waals surface area contributed by atoms with Crippen LogP contribution in [0.4, 0.5) is 5.69 Å². The number of rotatable bonds is 4. The summed E-state index contributed by atoms with van der Waals surface area (Å²) in [6.07, 6.45) is 0. The van der Waals surface area contributed by atoms with E-state index in [1.165, 1.54) is 5.56 Å². The number of carbonyl (C=O) groups excluding carboxylic acids is 2. The van der Waals surface area contributed by atoms with E-state index in [2.05, 4.69) is 24.1 Å². The first-order chi connectivity index (χ1) is 10.5. The van der Waals surface area contributed by atoms with Crippen LogP contribution < -0.4 is 5.32 Å². The van der Waals surface area contributed by atoms with Crippen molar-refractivity contribution in [2.75, 3.05) is 38.0 Å². The van der Waals surface area contributed by atoms with Crippen molar-refractivity contribution in [3.8, 4) is 0 Å². The van der Waals surface area contributed by atoms with E-state index >= 15 is 0 Å². The Morgan fingerprint density at radius 1 is 1.09 bits per heavy atom. The molecule has 2 amide bonds. The molecule has 0 bridgehead atoms. The van der Waals surface area contributed by atoms with Gasteiger partial charge in [0.25, 0.3) is 0 Å². The van der Waals surface area contributed by atoms with Crippen LogP contribution in [-0.2, 0) is 9.59 Å². The third-order valence-electron chi connectivity index (χ3n) is 4.05. The second kappa shape index (κ2) is 7.40. The Bertz CT molecular complexity index is 517. The molecule has 120 valence electrons. The molecule has 0 aliphatic carbocycles. The molecule has 5 heteroatoms. The number of benzene rings is 1. The first-order valence-corrected chi connectivity index (χ1v) is 7.83. The van der Waals surface area contributed by atoms with E-state index in [4.69, 9.17) is 0 Å². The number of carbonyl (C=O) groups is 2. The van der Waals surface area contributed by atoms with Crippen LogP contribution >= 0.6 is 0 Å². The maximum atomic E-state index is 12.1. The van der Waals surface area contributed by atoms with Gasteiger partial charge in [-0.25, -0.2) is 0 Å². The van der Waals surface area contributed by atoms with Crippen molar-refractivity contribution in [2.45, 2.75) is 26.7 Å². The summed E-state index contributed by atoms with van der Waals surface area (Å²) in [5.41, 5.74) is 2.09. The fraction of sp³-hybridized carbons (Fsp3) is 0.529. The molecule has 5 nitrogen and oxygen atoms in total. The van der Waals surface area contributed by atoms with Crippen LogP contribution in [0.25, 0.3) is 0 Å². The van der Waals surface area contributed by atoms with E-state index < -0.39 is 0 Å². The summed E-state index contributed by atoms with van der Waals surface area (Å²) in [4.78, 5) is 27.3. The lowest BCUT2D eigenvalue weighted by atomic mass is 10.0. The summed E-state index contributed by atoms with van der Waals surface area (Å²) in [6.45, 7) is 9.15. The smallest absolute Gasteiger partial charge is 0.238 e. The average Bonchev–Trinajstić information content (AvgIpc) is 2.48. The molecule has 1 aromatic carbocycles. The monoisotopic (exact) mass is 303 g/mol. The Morgan fingerprint density at radius 2 is 1.68 bits per heavy atom. The molecule has 0 spiro atoms. The molecule has 1 N–H and O–H groups in total. The Kier molecular flexibility index (Phi) is 5.55. The zero-order valence-electron chi connectivity index (χ0n) is 13.6. The zero-order valence-corrected chi connectivity index (χ0v) is 13.6. The highest BCUT2D eigenvalue weighted by molar-refractivity contribution is 5.92. The molecular weight excluding hydrogens is 278 g/mol. The van der Waals surface area contributed by atoms with E-state index in [0.29, 0.717) is 25.6 Å². The molecule has 1 aromatic rings. The molecule has 1 aliphatic heterocycles. The Hall–Kier alpha value is -1.88. The van der Waals surface area contributed by atoms with Gasteiger partial charge in [-0.05, 0) is 23.6 Å². The van der Waals surface area contributed by atoms with Crippen molar-refractivity contribution in [3.05, 3.63) is 29.8 Å². The van der Waals surface area contributed by atoms with Crippen LogP contribution in [0.1, 0.15) is 32.3 Å². The van der Waals surface area contributed by atoms with Crippen molar-refractivity contribution in [3.63, 3.8) is 0 Å². The highest BCUT2D eigenvalue weighted by Crippen LogP contribution is 2.17. The van der Waals surface area contributed by atoms with Crippen LogP contribution in [-0.4, -0.2) is 54.3 Å². The molecule has 1 heterocycles. The highest BCUT2D eigenvalue weighted by atomic mass is 16.2. The quantitative estimate of drug-likeness (QED) is 0.924. The number of piperazine rings is 1. The minimum absolute atomic E-state index is 0.00595. The molecule has 1 aliphatic rings. The molecule has 22 heavy (non-hydrogen) atoms. The fourth-order valence-electron chi connectivity index (χ4n) is 2.58. The van der Waals surface area contributed by atoms with Gasteiger partial charge in [0.15, 0.2) is 0 Å². The Morgan fingerprint density at radius 3 is 2.18 bits per heavy atom. The summed E-state index contributed by atoms with van der Waals surface area (Å²) < 4.78 is 0. The Labute approximate surface area is 132 Å². The van der Waals surface area contributed by atoms with Crippen LogP contribution in [0.15, 0.2) is 24.3 Å². The highest BCUT2D eigenvalue weighted by Gasteiger charge is 2.20. The second-order valence-electron chi connectivity index (χ2n) is 6.11. The average molecular weight is 303 g/mol. The van der Waals surface area contributed by atoms with E-state index in [9.17, 15) is 9.59 Å². The van der Waals surface area contributed by atoms with E-state index in [1.807, 2.05) is 29.2 Å². The standard InChI is InChI=1S/C17H25N3O2/c1-13(2)15-4-6-16(7-5-15)18-17(22)12-19-8-10-20(11-9-19)14(3)21/h4-7,13H,8-12H2,1-3H3,(H,18,22). The zero-order chi connectivity index (χ0) is 16.1. The summed E-state index contributed by atoms with van der Waals surface area (Å²) in [7, 11) is 0. The Balaban J connectivity index is 1.80. The van der Waals surface area contributed by atoms with Gasteiger partial charge in [0, 0.05) is 38.8 Å². The van der Waals surface area contributed by atoms with Crippen LogP contribution in [0, 0.1) is 0 Å². The molecule has 1 saturated heterocycles. The first kappa shape index (κ1) is 16.5. The van der Waals surface area contributed by atoms with E-state index in [1.54, 1.807) is 6.92 Å². The van der Waals surface area contributed by atoms with Crippen molar-refractivity contribution >= 4 is 17.5 Å². The number of anilines is 1. The summed E-state index contributed by atoms with van der Waals surface area (Å²) >= 11 is 0. The van der Waals surface area contributed by atoms with Gasteiger partial charge >= 0.3 is 0 Å². The lowest BCUT2D eigenvalue weighted by Crippen LogP contribution is -2.49. The van der Waals surface area contributed by atoms with Gasteiger partial charge in [-0.3, -0.25) is 14.5 Å².